The Kier molecular flexibility index (Phi) is 3.74. The van der Waals surface area contributed by atoms with Crippen molar-refractivity contribution in [3.63, 3.8) is 0 Å². The highest BCUT2D eigenvalue weighted by atomic mass is 15.1. The third-order valence-electron chi connectivity index (χ3n) is 3.21. The van der Waals surface area contributed by atoms with Gasteiger partial charge in [-0.25, -0.2) is 9.97 Å². The molecule has 0 saturated carbocycles. The number of hydrogen-bond donors (Lipinski definition) is 3. The van der Waals surface area contributed by atoms with Crippen LogP contribution in [0.25, 0.3) is 10.9 Å². The average Bonchev–Trinajstić information content (AvgIpc) is 2.51. The SMILES string of the molecule is CC(C)Nc1ncnc(Nc2cccc3ncccc23)c1N. The summed E-state index contributed by atoms with van der Waals surface area (Å²) in [4.78, 5) is 12.8. The van der Waals surface area contributed by atoms with Crippen LogP contribution in [0.1, 0.15) is 13.8 Å². The number of nitrogens with two attached hydrogens (primary N) is 1. The van der Waals surface area contributed by atoms with Gasteiger partial charge in [-0.15, -0.1) is 0 Å². The molecule has 2 heterocycles. The fourth-order valence-electron chi connectivity index (χ4n) is 2.22. The average molecular weight is 294 g/mol. The molecule has 1 aromatic carbocycles. The van der Waals surface area contributed by atoms with E-state index in [2.05, 4.69) is 25.6 Å². The number of nitrogen functional groups attached to an aromatic ring is 1. The Morgan fingerprint density at radius 3 is 2.64 bits per heavy atom. The zero-order valence-electron chi connectivity index (χ0n) is 12.5. The molecule has 0 radical (unpaired) electrons. The molecule has 4 N–H and O–H groups in total. The van der Waals surface area contributed by atoms with Crippen LogP contribution in [0.3, 0.4) is 0 Å². The summed E-state index contributed by atoms with van der Waals surface area (Å²) in [5, 5.41) is 7.50. The van der Waals surface area contributed by atoms with E-state index >= 15 is 0 Å². The van der Waals surface area contributed by atoms with E-state index in [1.54, 1.807) is 6.20 Å². The number of nitrogens with one attached hydrogen (secondary N) is 2. The summed E-state index contributed by atoms with van der Waals surface area (Å²) in [6.45, 7) is 4.07. The van der Waals surface area contributed by atoms with Gasteiger partial charge < -0.3 is 16.4 Å². The van der Waals surface area contributed by atoms with Crippen LogP contribution < -0.4 is 16.4 Å². The predicted octanol–water partition coefficient (Wildman–Crippen LogP) is 3.17. The van der Waals surface area contributed by atoms with E-state index in [4.69, 9.17) is 5.73 Å². The van der Waals surface area contributed by atoms with Crippen molar-refractivity contribution in [2.24, 2.45) is 0 Å². The first-order valence-corrected chi connectivity index (χ1v) is 7.13. The van der Waals surface area contributed by atoms with E-state index in [1.165, 1.54) is 6.33 Å². The molecular weight excluding hydrogens is 276 g/mol. The fourth-order valence-corrected chi connectivity index (χ4v) is 2.22. The van der Waals surface area contributed by atoms with Crippen molar-refractivity contribution in [2.45, 2.75) is 19.9 Å². The highest BCUT2D eigenvalue weighted by Crippen LogP contribution is 2.29. The lowest BCUT2D eigenvalue weighted by atomic mass is 10.2. The molecule has 2 aromatic heterocycles. The largest absolute Gasteiger partial charge is 0.393 e. The molecule has 0 saturated heterocycles. The summed E-state index contributed by atoms with van der Waals surface area (Å²) in [6, 6.07) is 10.0. The topological polar surface area (TPSA) is 88.8 Å². The lowest BCUT2D eigenvalue weighted by Gasteiger charge is -2.15. The zero-order chi connectivity index (χ0) is 15.5. The summed E-state index contributed by atoms with van der Waals surface area (Å²) in [6.07, 6.45) is 3.27. The second kappa shape index (κ2) is 5.85. The third kappa shape index (κ3) is 2.76. The normalized spacial score (nSPS) is 10.9. The van der Waals surface area contributed by atoms with Crippen LogP contribution in [0.5, 0.6) is 0 Å². The first kappa shape index (κ1) is 14.1. The van der Waals surface area contributed by atoms with E-state index in [1.807, 2.05) is 44.2 Å². The Morgan fingerprint density at radius 1 is 1.00 bits per heavy atom. The molecule has 0 bridgehead atoms. The number of nitrogens with zero attached hydrogens (tertiary/aromatic N) is 3. The van der Waals surface area contributed by atoms with Crippen molar-refractivity contribution in [1.29, 1.82) is 0 Å². The molecular formula is C16H18N6. The smallest absolute Gasteiger partial charge is 0.159 e. The summed E-state index contributed by atoms with van der Waals surface area (Å²) in [5.74, 6) is 1.21. The molecule has 0 amide bonds. The van der Waals surface area contributed by atoms with Gasteiger partial charge in [0.15, 0.2) is 11.6 Å². The first-order chi connectivity index (χ1) is 10.6. The Bertz CT molecular complexity index is 794. The van der Waals surface area contributed by atoms with Crippen molar-refractivity contribution in [1.82, 2.24) is 15.0 Å². The van der Waals surface area contributed by atoms with Crippen LogP contribution in [0.15, 0.2) is 42.9 Å². The van der Waals surface area contributed by atoms with Gasteiger partial charge >= 0.3 is 0 Å². The van der Waals surface area contributed by atoms with E-state index in [0.717, 1.165) is 16.6 Å². The van der Waals surface area contributed by atoms with Gasteiger partial charge in [0.05, 0.1) is 5.52 Å². The lowest BCUT2D eigenvalue weighted by molar-refractivity contribution is 0.887. The van der Waals surface area contributed by atoms with Gasteiger partial charge in [0, 0.05) is 23.3 Å². The molecule has 0 spiro atoms. The van der Waals surface area contributed by atoms with E-state index < -0.39 is 0 Å². The van der Waals surface area contributed by atoms with Crippen molar-refractivity contribution in [2.75, 3.05) is 16.4 Å². The Morgan fingerprint density at radius 2 is 1.82 bits per heavy atom. The first-order valence-electron chi connectivity index (χ1n) is 7.13. The molecule has 22 heavy (non-hydrogen) atoms. The van der Waals surface area contributed by atoms with E-state index in [0.29, 0.717) is 17.3 Å². The number of pyridine rings is 1. The van der Waals surface area contributed by atoms with Crippen LogP contribution >= 0.6 is 0 Å². The van der Waals surface area contributed by atoms with Crippen LogP contribution in [-0.2, 0) is 0 Å². The Hall–Kier alpha value is -2.89. The van der Waals surface area contributed by atoms with Gasteiger partial charge in [-0.2, -0.15) is 0 Å². The molecule has 0 atom stereocenters. The lowest BCUT2D eigenvalue weighted by Crippen LogP contribution is -2.14. The van der Waals surface area contributed by atoms with Gasteiger partial charge in [-0.05, 0) is 38.1 Å². The van der Waals surface area contributed by atoms with Gasteiger partial charge in [0.25, 0.3) is 0 Å². The highest BCUT2D eigenvalue weighted by Gasteiger charge is 2.10. The molecule has 0 aliphatic heterocycles. The van der Waals surface area contributed by atoms with E-state index in [-0.39, 0.29) is 6.04 Å². The van der Waals surface area contributed by atoms with Crippen molar-refractivity contribution in [3.05, 3.63) is 42.9 Å². The van der Waals surface area contributed by atoms with Gasteiger partial charge in [0.1, 0.15) is 12.0 Å². The summed E-state index contributed by atoms with van der Waals surface area (Å²) >= 11 is 0. The summed E-state index contributed by atoms with van der Waals surface area (Å²) in [7, 11) is 0. The number of anilines is 4. The van der Waals surface area contributed by atoms with Crippen LogP contribution in [-0.4, -0.2) is 21.0 Å². The minimum atomic E-state index is 0.242. The summed E-state index contributed by atoms with van der Waals surface area (Å²) in [5.41, 5.74) is 8.48. The molecule has 0 fully saturated rings. The maximum Gasteiger partial charge on any atom is 0.159 e. The summed E-state index contributed by atoms with van der Waals surface area (Å²) < 4.78 is 0. The molecule has 0 aliphatic carbocycles. The number of aromatic nitrogens is 3. The molecule has 0 aliphatic rings. The molecule has 3 aromatic rings. The second-order valence-electron chi connectivity index (χ2n) is 5.28. The second-order valence-corrected chi connectivity index (χ2v) is 5.28. The monoisotopic (exact) mass is 294 g/mol. The number of fused-ring (bicyclic) bond motifs is 1. The fraction of sp³-hybridized carbons (Fsp3) is 0.188. The minimum absolute atomic E-state index is 0.242. The van der Waals surface area contributed by atoms with Gasteiger partial charge in [0.2, 0.25) is 0 Å². The van der Waals surface area contributed by atoms with Gasteiger partial charge in [-0.1, -0.05) is 6.07 Å². The van der Waals surface area contributed by atoms with E-state index in [9.17, 15) is 0 Å². The quantitative estimate of drug-likeness (QED) is 0.685. The zero-order valence-corrected chi connectivity index (χ0v) is 12.5. The van der Waals surface area contributed by atoms with Crippen molar-refractivity contribution in [3.8, 4) is 0 Å². The Balaban J connectivity index is 1.99. The van der Waals surface area contributed by atoms with Crippen LogP contribution in [0.4, 0.5) is 23.0 Å². The standard InChI is InChI=1S/C16H18N6/c1-10(2)21-15-14(17)16(20-9-19-15)22-13-7-3-6-12-11(13)5-4-8-18-12/h3-10H,17H2,1-2H3,(H2,19,20,21,22). The highest BCUT2D eigenvalue weighted by molar-refractivity contribution is 5.94. The molecule has 0 unspecified atom stereocenters. The number of rotatable bonds is 4. The number of hydrogen-bond acceptors (Lipinski definition) is 6. The molecule has 6 heteroatoms. The van der Waals surface area contributed by atoms with Crippen molar-refractivity contribution >= 4 is 33.9 Å². The number of benzene rings is 1. The predicted molar refractivity (Wildman–Crippen MR) is 90.2 cm³/mol. The van der Waals surface area contributed by atoms with Gasteiger partial charge in [-0.3, -0.25) is 4.98 Å². The maximum atomic E-state index is 6.16. The van der Waals surface area contributed by atoms with Crippen LogP contribution in [0, 0.1) is 0 Å². The molecule has 112 valence electrons. The molecule has 6 nitrogen and oxygen atoms in total. The van der Waals surface area contributed by atoms with Crippen molar-refractivity contribution < 1.29 is 0 Å². The van der Waals surface area contributed by atoms with Crippen LogP contribution in [0.2, 0.25) is 0 Å². The maximum absolute atomic E-state index is 6.16. The Labute approximate surface area is 128 Å². The minimum Gasteiger partial charge on any atom is -0.393 e. The third-order valence-corrected chi connectivity index (χ3v) is 3.21. The molecule has 3 rings (SSSR count).